The van der Waals surface area contributed by atoms with Gasteiger partial charge in [0.25, 0.3) is 0 Å². The third kappa shape index (κ3) is 3.80. The van der Waals surface area contributed by atoms with Crippen LogP contribution in [0.4, 0.5) is 0 Å². The molecule has 0 bridgehead atoms. The molecule has 1 fully saturated rings. The number of nitrogens with zero attached hydrogens (tertiary/aromatic N) is 1. The molecule has 1 aliphatic rings. The first-order valence-electron chi connectivity index (χ1n) is 7.32. The minimum atomic E-state index is 0.207. The number of hydrogen-bond acceptors (Lipinski definition) is 2. The second-order valence-corrected chi connectivity index (χ2v) is 6.74. The lowest BCUT2D eigenvalue weighted by molar-refractivity contribution is 0.0997. The van der Waals surface area contributed by atoms with Gasteiger partial charge in [0.2, 0.25) is 0 Å². The fraction of sp³-hybridized carbons (Fsp3) is 0.625. The number of hydrogen-bond donors (Lipinski definition) is 1. The van der Waals surface area contributed by atoms with E-state index < -0.39 is 0 Å². The molecule has 0 aliphatic heterocycles. The third-order valence-corrected chi connectivity index (χ3v) is 5.03. The smallest absolute Gasteiger partial charge is 0.0332 e. The molecule has 19 heavy (non-hydrogen) atoms. The van der Waals surface area contributed by atoms with E-state index in [0.29, 0.717) is 0 Å². The first kappa shape index (κ1) is 15.0. The van der Waals surface area contributed by atoms with Gasteiger partial charge in [0, 0.05) is 23.1 Å². The molecule has 2 N–H and O–H groups in total. The number of benzene rings is 1. The Balaban J connectivity index is 2.09. The van der Waals surface area contributed by atoms with Crippen molar-refractivity contribution < 1.29 is 0 Å². The molecule has 0 atom stereocenters. The lowest BCUT2D eigenvalue weighted by Gasteiger charge is -2.41. The minimum absolute atomic E-state index is 0.207. The Morgan fingerprint density at radius 1 is 1.21 bits per heavy atom. The first-order chi connectivity index (χ1) is 9.16. The van der Waals surface area contributed by atoms with E-state index in [1.54, 1.807) is 0 Å². The van der Waals surface area contributed by atoms with Gasteiger partial charge in [0.1, 0.15) is 0 Å². The quantitative estimate of drug-likeness (QED) is 0.850. The van der Waals surface area contributed by atoms with Gasteiger partial charge < -0.3 is 5.73 Å². The molecule has 0 radical (unpaired) electrons. The summed E-state index contributed by atoms with van der Waals surface area (Å²) in [6.45, 7) is 1.76. The maximum Gasteiger partial charge on any atom is 0.0332 e. The fourth-order valence-electron chi connectivity index (χ4n) is 3.21. The molecule has 0 amide bonds. The zero-order valence-corrected chi connectivity index (χ0v) is 13.5. The molecule has 0 unspecified atom stereocenters. The summed E-state index contributed by atoms with van der Waals surface area (Å²) in [4.78, 5) is 2.49. The van der Waals surface area contributed by atoms with Crippen LogP contribution in [0.25, 0.3) is 0 Å². The topological polar surface area (TPSA) is 29.3 Å². The molecule has 2 rings (SSSR count). The van der Waals surface area contributed by atoms with Crippen LogP contribution < -0.4 is 5.73 Å². The van der Waals surface area contributed by atoms with Crippen LogP contribution >= 0.6 is 15.9 Å². The minimum Gasteiger partial charge on any atom is -0.329 e. The second kappa shape index (κ2) is 6.87. The molecule has 1 aromatic carbocycles. The summed E-state index contributed by atoms with van der Waals surface area (Å²) in [5.41, 5.74) is 7.70. The predicted molar refractivity (Wildman–Crippen MR) is 85.1 cm³/mol. The monoisotopic (exact) mass is 324 g/mol. The Morgan fingerprint density at radius 2 is 1.89 bits per heavy atom. The molecule has 1 aliphatic carbocycles. The van der Waals surface area contributed by atoms with Gasteiger partial charge in [-0.2, -0.15) is 0 Å². The molecular weight excluding hydrogens is 300 g/mol. The van der Waals surface area contributed by atoms with E-state index in [0.717, 1.165) is 17.6 Å². The van der Waals surface area contributed by atoms with Crippen molar-refractivity contribution in [3.05, 3.63) is 34.3 Å². The van der Waals surface area contributed by atoms with Crippen molar-refractivity contribution in [2.24, 2.45) is 5.73 Å². The van der Waals surface area contributed by atoms with Crippen LogP contribution in [0.5, 0.6) is 0 Å². The van der Waals surface area contributed by atoms with Crippen LogP contribution in [0.15, 0.2) is 28.7 Å². The molecule has 0 heterocycles. The lowest BCUT2D eigenvalue weighted by atomic mass is 9.88. The van der Waals surface area contributed by atoms with E-state index in [1.807, 2.05) is 0 Å². The predicted octanol–water partition coefficient (Wildman–Crippen LogP) is 3.93. The van der Waals surface area contributed by atoms with Crippen LogP contribution in [-0.4, -0.2) is 24.0 Å². The van der Waals surface area contributed by atoms with Crippen LogP contribution in [0.2, 0.25) is 0 Å². The Bertz CT molecular complexity index is 397. The van der Waals surface area contributed by atoms with E-state index in [-0.39, 0.29) is 5.54 Å². The Kier molecular flexibility index (Phi) is 5.43. The highest BCUT2D eigenvalue weighted by Crippen LogP contribution is 2.32. The van der Waals surface area contributed by atoms with Crippen LogP contribution in [0.3, 0.4) is 0 Å². The van der Waals surface area contributed by atoms with E-state index in [4.69, 9.17) is 5.73 Å². The van der Waals surface area contributed by atoms with Crippen LogP contribution in [-0.2, 0) is 6.54 Å². The largest absolute Gasteiger partial charge is 0.329 e. The number of halogens is 1. The van der Waals surface area contributed by atoms with Gasteiger partial charge in [-0.25, -0.2) is 0 Å². The molecule has 106 valence electrons. The van der Waals surface area contributed by atoms with Crippen LogP contribution in [0.1, 0.15) is 44.1 Å². The van der Waals surface area contributed by atoms with E-state index >= 15 is 0 Å². The number of likely N-dealkylation sites (N-methyl/N-ethyl adjacent to an activating group) is 1. The molecule has 3 heteroatoms. The molecule has 0 spiro atoms. The van der Waals surface area contributed by atoms with Crippen molar-refractivity contribution in [2.45, 2.75) is 50.6 Å². The maximum absolute atomic E-state index is 6.14. The van der Waals surface area contributed by atoms with Gasteiger partial charge in [-0.1, -0.05) is 53.7 Å². The average Bonchev–Trinajstić information content (AvgIpc) is 2.65. The zero-order valence-electron chi connectivity index (χ0n) is 11.9. The maximum atomic E-state index is 6.14. The van der Waals surface area contributed by atoms with Gasteiger partial charge in [-0.3, -0.25) is 4.90 Å². The molecular formula is C16H25BrN2. The Hall–Kier alpha value is -0.380. The SMILES string of the molecule is CN(Cc1cccc(Br)c1)C1(CN)CCCCCC1. The highest BCUT2D eigenvalue weighted by molar-refractivity contribution is 9.10. The zero-order chi connectivity index (χ0) is 13.7. The van der Waals surface area contributed by atoms with Gasteiger partial charge in [-0.15, -0.1) is 0 Å². The first-order valence-corrected chi connectivity index (χ1v) is 8.11. The molecule has 0 saturated heterocycles. The van der Waals surface area contributed by atoms with Crippen molar-refractivity contribution in [3.63, 3.8) is 0 Å². The molecule has 0 aromatic heterocycles. The van der Waals surface area contributed by atoms with Gasteiger partial charge in [0.15, 0.2) is 0 Å². The van der Waals surface area contributed by atoms with Gasteiger partial charge >= 0.3 is 0 Å². The second-order valence-electron chi connectivity index (χ2n) is 5.83. The summed E-state index contributed by atoms with van der Waals surface area (Å²) < 4.78 is 1.15. The summed E-state index contributed by atoms with van der Waals surface area (Å²) in [5.74, 6) is 0. The lowest BCUT2D eigenvalue weighted by Crippen LogP contribution is -2.51. The summed E-state index contributed by atoms with van der Waals surface area (Å²) in [5, 5.41) is 0. The summed E-state index contributed by atoms with van der Waals surface area (Å²) in [6.07, 6.45) is 7.86. The average molecular weight is 325 g/mol. The standard InChI is InChI=1S/C16H25BrN2/c1-19(12-14-7-6-8-15(17)11-14)16(13-18)9-4-2-3-5-10-16/h6-8,11H,2-5,9-10,12-13,18H2,1H3. The van der Waals surface area contributed by atoms with Gasteiger partial charge in [0.05, 0.1) is 0 Å². The Morgan fingerprint density at radius 3 is 2.47 bits per heavy atom. The van der Waals surface area contributed by atoms with Crippen LogP contribution in [0, 0.1) is 0 Å². The van der Waals surface area contributed by atoms with Crippen molar-refractivity contribution >= 4 is 15.9 Å². The van der Waals surface area contributed by atoms with Crippen molar-refractivity contribution in [2.75, 3.05) is 13.6 Å². The van der Waals surface area contributed by atoms with Crippen molar-refractivity contribution in [1.82, 2.24) is 4.90 Å². The highest BCUT2D eigenvalue weighted by atomic mass is 79.9. The third-order valence-electron chi connectivity index (χ3n) is 4.53. The van der Waals surface area contributed by atoms with Crippen molar-refractivity contribution in [3.8, 4) is 0 Å². The molecule has 1 aromatic rings. The van der Waals surface area contributed by atoms with E-state index in [9.17, 15) is 0 Å². The molecule has 2 nitrogen and oxygen atoms in total. The van der Waals surface area contributed by atoms with Crippen molar-refractivity contribution in [1.29, 1.82) is 0 Å². The number of rotatable bonds is 4. The summed E-state index contributed by atoms with van der Waals surface area (Å²) in [6, 6.07) is 8.59. The van der Waals surface area contributed by atoms with E-state index in [1.165, 1.54) is 44.1 Å². The summed E-state index contributed by atoms with van der Waals surface area (Å²) in [7, 11) is 2.24. The normalized spacial score (nSPS) is 19.4. The molecule has 1 saturated carbocycles. The Labute approximate surface area is 125 Å². The van der Waals surface area contributed by atoms with Gasteiger partial charge in [-0.05, 0) is 37.6 Å². The number of nitrogens with two attached hydrogens (primary N) is 1. The fourth-order valence-corrected chi connectivity index (χ4v) is 3.65. The van der Waals surface area contributed by atoms with E-state index in [2.05, 4.69) is 52.1 Å². The summed E-state index contributed by atoms with van der Waals surface area (Å²) >= 11 is 3.55. The highest BCUT2D eigenvalue weighted by Gasteiger charge is 2.33.